The first-order chi connectivity index (χ1) is 9.17. The van der Waals surface area contributed by atoms with Gasteiger partial charge in [-0.2, -0.15) is 5.10 Å². The fourth-order valence-electron chi connectivity index (χ4n) is 2.01. The molecular formula is C15H29N3O. The molecule has 0 aliphatic carbocycles. The Labute approximate surface area is 117 Å². The van der Waals surface area contributed by atoms with Crippen LogP contribution < -0.4 is 5.32 Å². The number of nitrogens with one attached hydrogen (secondary N) is 1. The fraction of sp³-hybridized carbons (Fsp3) is 0.800. The molecule has 1 aromatic rings. The van der Waals surface area contributed by atoms with Gasteiger partial charge in [-0.25, -0.2) is 0 Å². The van der Waals surface area contributed by atoms with Gasteiger partial charge in [0, 0.05) is 24.4 Å². The SMILES string of the molecule is CCNC(CC)c1cnn(CCOCCC(C)C)c1. The second-order valence-corrected chi connectivity index (χ2v) is 5.35. The zero-order chi connectivity index (χ0) is 14.1. The van der Waals surface area contributed by atoms with E-state index in [1.54, 1.807) is 0 Å². The number of hydrogen-bond acceptors (Lipinski definition) is 3. The summed E-state index contributed by atoms with van der Waals surface area (Å²) in [5.74, 6) is 0.710. The second-order valence-electron chi connectivity index (χ2n) is 5.35. The van der Waals surface area contributed by atoms with E-state index in [2.05, 4.69) is 44.3 Å². The second kappa shape index (κ2) is 9.10. The zero-order valence-electron chi connectivity index (χ0n) is 12.9. The largest absolute Gasteiger partial charge is 0.380 e. The third-order valence-corrected chi connectivity index (χ3v) is 3.22. The topological polar surface area (TPSA) is 39.1 Å². The van der Waals surface area contributed by atoms with E-state index in [1.807, 2.05) is 10.9 Å². The average molecular weight is 267 g/mol. The van der Waals surface area contributed by atoms with Gasteiger partial charge in [0.05, 0.1) is 19.3 Å². The van der Waals surface area contributed by atoms with Crippen LogP contribution >= 0.6 is 0 Å². The standard InChI is InChI=1S/C15H29N3O/c1-5-15(16-6-2)14-11-17-18(12-14)8-10-19-9-7-13(3)4/h11-13,15-16H,5-10H2,1-4H3. The Hall–Kier alpha value is -0.870. The van der Waals surface area contributed by atoms with Crippen LogP contribution in [0.5, 0.6) is 0 Å². The highest BCUT2D eigenvalue weighted by Gasteiger charge is 2.09. The summed E-state index contributed by atoms with van der Waals surface area (Å²) < 4.78 is 7.59. The fourth-order valence-corrected chi connectivity index (χ4v) is 2.01. The van der Waals surface area contributed by atoms with Crippen molar-refractivity contribution in [1.29, 1.82) is 0 Å². The van der Waals surface area contributed by atoms with Crippen LogP contribution in [-0.2, 0) is 11.3 Å². The van der Waals surface area contributed by atoms with Gasteiger partial charge in [-0.1, -0.05) is 27.7 Å². The molecule has 0 bridgehead atoms. The summed E-state index contributed by atoms with van der Waals surface area (Å²) in [4.78, 5) is 0. The van der Waals surface area contributed by atoms with E-state index in [-0.39, 0.29) is 0 Å². The maximum Gasteiger partial charge on any atom is 0.0662 e. The predicted molar refractivity (Wildman–Crippen MR) is 79.2 cm³/mol. The van der Waals surface area contributed by atoms with Crippen molar-refractivity contribution in [2.45, 2.75) is 53.1 Å². The van der Waals surface area contributed by atoms with Crippen molar-refractivity contribution >= 4 is 0 Å². The van der Waals surface area contributed by atoms with Crippen LogP contribution in [0.15, 0.2) is 12.4 Å². The molecule has 110 valence electrons. The molecule has 1 atom stereocenters. The lowest BCUT2D eigenvalue weighted by molar-refractivity contribution is 0.114. The van der Waals surface area contributed by atoms with Crippen molar-refractivity contribution in [3.8, 4) is 0 Å². The highest BCUT2D eigenvalue weighted by molar-refractivity contribution is 5.10. The smallest absolute Gasteiger partial charge is 0.0662 e. The Morgan fingerprint density at radius 3 is 2.74 bits per heavy atom. The highest BCUT2D eigenvalue weighted by Crippen LogP contribution is 2.15. The van der Waals surface area contributed by atoms with Crippen molar-refractivity contribution in [1.82, 2.24) is 15.1 Å². The maximum atomic E-state index is 5.62. The Kier molecular flexibility index (Phi) is 7.75. The van der Waals surface area contributed by atoms with Gasteiger partial charge >= 0.3 is 0 Å². The van der Waals surface area contributed by atoms with E-state index < -0.39 is 0 Å². The van der Waals surface area contributed by atoms with Crippen LogP contribution in [0.4, 0.5) is 0 Å². The Bertz CT molecular complexity index is 336. The summed E-state index contributed by atoms with van der Waals surface area (Å²) in [6, 6.07) is 0.417. The molecule has 0 fully saturated rings. The Morgan fingerprint density at radius 1 is 1.32 bits per heavy atom. The molecule has 4 nitrogen and oxygen atoms in total. The molecule has 0 amide bonds. The maximum absolute atomic E-state index is 5.62. The van der Waals surface area contributed by atoms with Crippen molar-refractivity contribution < 1.29 is 4.74 Å². The lowest BCUT2D eigenvalue weighted by Crippen LogP contribution is -2.19. The summed E-state index contributed by atoms with van der Waals surface area (Å²) in [5.41, 5.74) is 1.27. The molecule has 0 aliphatic rings. The minimum Gasteiger partial charge on any atom is -0.380 e. The van der Waals surface area contributed by atoms with E-state index in [9.17, 15) is 0 Å². The molecule has 0 radical (unpaired) electrons. The van der Waals surface area contributed by atoms with Gasteiger partial charge in [-0.3, -0.25) is 4.68 Å². The van der Waals surface area contributed by atoms with Crippen molar-refractivity contribution in [3.05, 3.63) is 18.0 Å². The number of rotatable bonds is 10. The zero-order valence-corrected chi connectivity index (χ0v) is 12.9. The van der Waals surface area contributed by atoms with Gasteiger partial charge in [-0.15, -0.1) is 0 Å². The Morgan fingerprint density at radius 2 is 2.11 bits per heavy atom. The summed E-state index contributed by atoms with van der Waals surface area (Å²) in [6.45, 7) is 12.2. The quantitative estimate of drug-likeness (QED) is 0.662. The van der Waals surface area contributed by atoms with E-state index in [0.717, 1.165) is 39.1 Å². The average Bonchev–Trinajstić information content (AvgIpc) is 2.83. The monoisotopic (exact) mass is 267 g/mol. The lowest BCUT2D eigenvalue weighted by atomic mass is 10.1. The van der Waals surface area contributed by atoms with Crippen molar-refractivity contribution in [3.63, 3.8) is 0 Å². The minimum atomic E-state index is 0.417. The van der Waals surface area contributed by atoms with E-state index in [4.69, 9.17) is 4.74 Å². The van der Waals surface area contributed by atoms with Crippen molar-refractivity contribution in [2.24, 2.45) is 5.92 Å². The van der Waals surface area contributed by atoms with E-state index in [1.165, 1.54) is 5.56 Å². The molecular weight excluding hydrogens is 238 g/mol. The first-order valence-corrected chi connectivity index (χ1v) is 7.50. The molecule has 1 aromatic heterocycles. The molecule has 0 aliphatic heterocycles. The van der Waals surface area contributed by atoms with Gasteiger partial charge in [0.15, 0.2) is 0 Å². The van der Waals surface area contributed by atoms with Crippen molar-refractivity contribution in [2.75, 3.05) is 19.8 Å². The predicted octanol–water partition coefficient (Wildman–Crippen LogP) is 3.01. The van der Waals surface area contributed by atoms with Crippen LogP contribution in [0.1, 0.15) is 52.1 Å². The van der Waals surface area contributed by atoms with E-state index >= 15 is 0 Å². The summed E-state index contributed by atoms with van der Waals surface area (Å²) >= 11 is 0. The molecule has 0 aromatic carbocycles. The number of ether oxygens (including phenoxy) is 1. The highest BCUT2D eigenvalue weighted by atomic mass is 16.5. The van der Waals surface area contributed by atoms with Crippen LogP contribution in [0.25, 0.3) is 0 Å². The van der Waals surface area contributed by atoms with Crippen LogP contribution in [-0.4, -0.2) is 29.5 Å². The third-order valence-electron chi connectivity index (χ3n) is 3.22. The molecule has 0 saturated heterocycles. The summed E-state index contributed by atoms with van der Waals surface area (Å²) in [7, 11) is 0. The van der Waals surface area contributed by atoms with Gasteiger partial charge < -0.3 is 10.1 Å². The summed E-state index contributed by atoms with van der Waals surface area (Å²) in [5, 5.41) is 7.86. The van der Waals surface area contributed by atoms with Gasteiger partial charge in [0.2, 0.25) is 0 Å². The molecule has 0 spiro atoms. The number of hydrogen-bond donors (Lipinski definition) is 1. The van der Waals surface area contributed by atoms with Gasteiger partial charge in [0.1, 0.15) is 0 Å². The summed E-state index contributed by atoms with van der Waals surface area (Å²) in [6.07, 6.45) is 6.31. The van der Waals surface area contributed by atoms with Crippen LogP contribution in [0.3, 0.4) is 0 Å². The first-order valence-electron chi connectivity index (χ1n) is 7.50. The normalized spacial score (nSPS) is 13.1. The third kappa shape index (κ3) is 6.21. The molecule has 1 unspecified atom stereocenters. The molecule has 1 N–H and O–H groups in total. The molecule has 1 rings (SSSR count). The molecule has 19 heavy (non-hydrogen) atoms. The van der Waals surface area contributed by atoms with Crippen LogP contribution in [0, 0.1) is 5.92 Å². The molecule has 0 saturated carbocycles. The van der Waals surface area contributed by atoms with E-state index in [0.29, 0.717) is 12.0 Å². The van der Waals surface area contributed by atoms with Crippen LogP contribution in [0.2, 0.25) is 0 Å². The number of aromatic nitrogens is 2. The first kappa shape index (κ1) is 16.2. The molecule has 4 heteroatoms. The molecule has 1 heterocycles. The van der Waals surface area contributed by atoms with Gasteiger partial charge in [0.25, 0.3) is 0 Å². The van der Waals surface area contributed by atoms with Gasteiger partial charge in [-0.05, 0) is 25.3 Å². The number of nitrogens with zero attached hydrogens (tertiary/aromatic N) is 2. The minimum absolute atomic E-state index is 0.417. The lowest BCUT2D eigenvalue weighted by Gasteiger charge is -2.13. The Balaban J connectivity index is 2.30.